The van der Waals surface area contributed by atoms with E-state index >= 15 is 0 Å². The van der Waals surface area contributed by atoms with Gasteiger partial charge in [-0.3, -0.25) is 0 Å². The highest BCUT2D eigenvalue weighted by atomic mass is 16.6. The zero-order chi connectivity index (χ0) is 25.9. The van der Waals surface area contributed by atoms with Gasteiger partial charge in [-0.05, 0) is 18.8 Å². The largest absolute Gasteiger partial charge is 0.382 e. The maximum atomic E-state index is 5.94. The Morgan fingerprint density at radius 1 is 0.528 bits per heavy atom. The van der Waals surface area contributed by atoms with Crippen molar-refractivity contribution in [3.63, 3.8) is 0 Å². The third-order valence-corrected chi connectivity index (χ3v) is 5.40. The van der Waals surface area contributed by atoms with Crippen LogP contribution in [-0.4, -0.2) is 143 Å². The van der Waals surface area contributed by atoms with Crippen LogP contribution in [0.4, 0.5) is 0 Å². The fourth-order valence-electron chi connectivity index (χ4n) is 3.61. The lowest BCUT2D eigenvalue weighted by Gasteiger charge is -2.32. The molecule has 0 bridgehead atoms. The molecule has 1 aliphatic rings. The third kappa shape index (κ3) is 22.8. The Balaban J connectivity index is 1.67. The van der Waals surface area contributed by atoms with Crippen LogP contribution in [0, 0.1) is 5.92 Å². The van der Waals surface area contributed by atoms with Gasteiger partial charge in [-0.25, -0.2) is 0 Å². The Morgan fingerprint density at radius 3 is 1.19 bits per heavy atom. The molecular weight excluding hydrogens is 470 g/mol. The van der Waals surface area contributed by atoms with E-state index in [1.165, 1.54) is 6.54 Å². The van der Waals surface area contributed by atoms with Gasteiger partial charge in [-0.1, -0.05) is 13.8 Å². The van der Waals surface area contributed by atoms with Crippen LogP contribution >= 0.6 is 0 Å². The third-order valence-electron chi connectivity index (χ3n) is 5.40. The van der Waals surface area contributed by atoms with E-state index in [0.29, 0.717) is 112 Å². The van der Waals surface area contributed by atoms with E-state index in [1.807, 2.05) is 0 Å². The second kappa shape index (κ2) is 26.2. The van der Waals surface area contributed by atoms with Crippen LogP contribution in [0.1, 0.15) is 26.7 Å². The van der Waals surface area contributed by atoms with E-state index in [2.05, 4.69) is 18.7 Å². The molecule has 1 rings (SSSR count). The highest BCUT2D eigenvalue weighted by Gasteiger charge is 2.19. The Labute approximate surface area is 219 Å². The van der Waals surface area contributed by atoms with E-state index in [0.717, 1.165) is 31.8 Å². The van der Waals surface area contributed by atoms with Crippen molar-refractivity contribution in [2.24, 2.45) is 5.92 Å². The number of rotatable bonds is 27. The maximum absolute atomic E-state index is 5.94. The van der Waals surface area contributed by atoms with Crippen molar-refractivity contribution in [2.45, 2.75) is 32.8 Å². The molecule has 0 N–H and O–H groups in total. The van der Waals surface area contributed by atoms with Crippen LogP contribution in [0.3, 0.4) is 0 Å². The first kappa shape index (κ1) is 33.6. The van der Waals surface area contributed by atoms with E-state index in [-0.39, 0.29) is 0 Å². The molecule has 1 saturated heterocycles. The molecule has 0 radical (unpaired) electrons. The topological polar surface area (TPSA) is 86.3 Å². The summed E-state index contributed by atoms with van der Waals surface area (Å²) in [6.45, 7) is 17.1. The molecule has 1 aliphatic heterocycles. The minimum atomic E-state index is 0.379. The van der Waals surface area contributed by atoms with Gasteiger partial charge in [0.15, 0.2) is 0 Å². The van der Waals surface area contributed by atoms with Crippen LogP contribution in [0.2, 0.25) is 0 Å². The van der Waals surface area contributed by atoms with Gasteiger partial charge in [0.05, 0.1) is 112 Å². The predicted octanol–water partition coefficient (Wildman–Crippen LogP) is 1.89. The first-order valence-electron chi connectivity index (χ1n) is 13.6. The highest BCUT2D eigenvalue weighted by molar-refractivity contribution is 4.73. The van der Waals surface area contributed by atoms with Crippen LogP contribution in [0.15, 0.2) is 0 Å². The number of hydrogen-bond donors (Lipinski definition) is 0. The number of piperidine rings is 1. The zero-order valence-electron chi connectivity index (χ0n) is 23.1. The lowest BCUT2D eigenvalue weighted by molar-refractivity contribution is -0.0383. The summed E-state index contributed by atoms with van der Waals surface area (Å²) in [5.41, 5.74) is 0. The molecule has 0 aromatic rings. The minimum absolute atomic E-state index is 0.379. The number of ether oxygens (including phenoxy) is 9. The fraction of sp³-hybridized carbons (Fsp3) is 1.00. The Morgan fingerprint density at radius 2 is 0.861 bits per heavy atom. The molecule has 216 valence electrons. The normalized spacial score (nSPS) is 15.3. The number of nitrogens with zero attached hydrogens (tertiary/aromatic N) is 1. The summed E-state index contributed by atoms with van der Waals surface area (Å²) in [4.78, 5) is 2.54. The average Bonchev–Trinajstić information content (AvgIpc) is 2.87. The standard InChI is InChI=1S/C26H53NO9/c1-25(2)24-27-6-4-26(5-7-27)36-23-22-35-21-20-34-19-18-33-17-16-32-15-14-31-13-12-30-11-10-29-9-8-28-3/h25-26H,4-24H2,1-3H3. The van der Waals surface area contributed by atoms with Gasteiger partial charge in [0.2, 0.25) is 0 Å². The molecule has 0 amide bonds. The summed E-state index contributed by atoms with van der Waals surface area (Å²) >= 11 is 0. The summed E-state index contributed by atoms with van der Waals surface area (Å²) in [5, 5.41) is 0. The monoisotopic (exact) mass is 523 g/mol. The summed E-state index contributed by atoms with van der Waals surface area (Å²) in [7, 11) is 1.65. The number of methoxy groups -OCH3 is 1. The van der Waals surface area contributed by atoms with Gasteiger partial charge < -0.3 is 47.5 Å². The average molecular weight is 524 g/mol. The van der Waals surface area contributed by atoms with E-state index in [4.69, 9.17) is 42.6 Å². The molecule has 0 spiro atoms. The summed E-state index contributed by atoms with van der Waals surface area (Å²) < 4.78 is 49.0. The predicted molar refractivity (Wildman–Crippen MR) is 138 cm³/mol. The van der Waals surface area contributed by atoms with Crippen LogP contribution in [0.25, 0.3) is 0 Å². The quantitative estimate of drug-likeness (QED) is 0.149. The molecule has 1 heterocycles. The first-order valence-corrected chi connectivity index (χ1v) is 13.6. The Kier molecular flexibility index (Phi) is 24.5. The Hall–Kier alpha value is -0.400. The van der Waals surface area contributed by atoms with E-state index < -0.39 is 0 Å². The molecule has 36 heavy (non-hydrogen) atoms. The Bertz CT molecular complexity index is 438. The van der Waals surface area contributed by atoms with Crippen molar-refractivity contribution in [1.29, 1.82) is 0 Å². The van der Waals surface area contributed by atoms with Crippen molar-refractivity contribution in [2.75, 3.05) is 132 Å². The van der Waals surface area contributed by atoms with Crippen molar-refractivity contribution in [3.05, 3.63) is 0 Å². The minimum Gasteiger partial charge on any atom is -0.382 e. The van der Waals surface area contributed by atoms with Gasteiger partial charge in [0.1, 0.15) is 0 Å². The molecule has 0 aliphatic carbocycles. The molecule has 10 heteroatoms. The first-order chi connectivity index (χ1) is 17.7. The van der Waals surface area contributed by atoms with Gasteiger partial charge >= 0.3 is 0 Å². The lowest BCUT2D eigenvalue weighted by Crippen LogP contribution is -2.39. The molecule has 0 aromatic heterocycles. The van der Waals surface area contributed by atoms with Crippen molar-refractivity contribution in [3.8, 4) is 0 Å². The molecule has 0 unspecified atom stereocenters. The smallest absolute Gasteiger partial charge is 0.0704 e. The summed E-state index contributed by atoms with van der Waals surface area (Å²) in [6.07, 6.45) is 2.62. The lowest BCUT2D eigenvalue weighted by atomic mass is 10.1. The van der Waals surface area contributed by atoms with Gasteiger partial charge in [0, 0.05) is 26.7 Å². The number of likely N-dealkylation sites (tertiary alicyclic amines) is 1. The highest BCUT2D eigenvalue weighted by Crippen LogP contribution is 2.14. The van der Waals surface area contributed by atoms with Crippen LogP contribution in [-0.2, 0) is 42.6 Å². The molecule has 0 atom stereocenters. The van der Waals surface area contributed by atoms with E-state index in [9.17, 15) is 0 Å². The van der Waals surface area contributed by atoms with Crippen LogP contribution in [0.5, 0.6) is 0 Å². The molecule has 0 saturated carbocycles. The summed E-state index contributed by atoms with van der Waals surface area (Å²) in [5.74, 6) is 0.731. The second-order valence-corrected chi connectivity index (χ2v) is 9.04. The summed E-state index contributed by atoms with van der Waals surface area (Å²) in [6, 6.07) is 0. The van der Waals surface area contributed by atoms with Gasteiger partial charge in [0.25, 0.3) is 0 Å². The molecule has 0 aromatic carbocycles. The number of hydrogen-bond acceptors (Lipinski definition) is 10. The molecular formula is C26H53NO9. The maximum Gasteiger partial charge on any atom is 0.0704 e. The zero-order valence-corrected chi connectivity index (χ0v) is 23.1. The fourth-order valence-corrected chi connectivity index (χ4v) is 3.61. The SMILES string of the molecule is COCCOCCOCCOCCOCCOCCOCCOCCOC1CCN(CC(C)C)CC1. The van der Waals surface area contributed by atoms with Crippen LogP contribution < -0.4 is 0 Å². The second-order valence-electron chi connectivity index (χ2n) is 9.04. The molecule has 10 nitrogen and oxygen atoms in total. The van der Waals surface area contributed by atoms with Crippen molar-refractivity contribution >= 4 is 0 Å². The van der Waals surface area contributed by atoms with Crippen molar-refractivity contribution < 1.29 is 42.6 Å². The molecule has 1 fully saturated rings. The van der Waals surface area contributed by atoms with Gasteiger partial charge in [-0.15, -0.1) is 0 Å². The van der Waals surface area contributed by atoms with E-state index in [1.54, 1.807) is 7.11 Å². The van der Waals surface area contributed by atoms with Crippen molar-refractivity contribution in [1.82, 2.24) is 4.90 Å². The van der Waals surface area contributed by atoms with Gasteiger partial charge in [-0.2, -0.15) is 0 Å².